The molecule has 0 fully saturated rings. The number of carboxylic acid groups (broad SMARTS) is 1. The molecule has 0 bridgehead atoms. The Morgan fingerprint density at radius 3 is 2.22 bits per heavy atom. The molecule has 0 unspecified atom stereocenters. The molecule has 2 N–H and O–H groups in total. The zero-order valence-electron chi connectivity index (χ0n) is 11.3. The van der Waals surface area contributed by atoms with Gasteiger partial charge in [-0.2, -0.15) is 0 Å². The topological polar surface area (TPSA) is 92.7 Å². The Hall–Kier alpha value is -1.59. The Kier molecular flexibility index (Phi) is 6.36. The van der Waals surface area contributed by atoms with Crippen LogP contribution in [-0.4, -0.2) is 36.1 Å². The van der Waals surface area contributed by atoms with E-state index in [-0.39, 0.29) is 30.6 Å². The van der Waals surface area contributed by atoms with Gasteiger partial charge in [0.15, 0.2) is 0 Å². The first-order valence-electron chi connectivity index (χ1n) is 5.74. The van der Waals surface area contributed by atoms with Crippen LogP contribution < -0.4 is 5.32 Å². The number of hydrogen-bond acceptors (Lipinski definition) is 4. The summed E-state index contributed by atoms with van der Waals surface area (Å²) in [7, 11) is 1.23. The molecule has 0 aromatic rings. The summed E-state index contributed by atoms with van der Waals surface area (Å²) in [5.74, 6) is -1.98. The number of hydrogen-bond donors (Lipinski definition) is 2. The van der Waals surface area contributed by atoms with Gasteiger partial charge in [-0.1, -0.05) is 20.8 Å². The molecule has 0 aliphatic carbocycles. The Bertz CT molecular complexity index is 319. The van der Waals surface area contributed by atoms with E-state index in [9.17, 15) is 14.4 Å². The van der Waals surface area contributed by atoms with Gasteiger partial charge >= 0.3 is 11.9 Å². The summed E-state index contributed by atoms with van der Waals surface area (Å²) in [4.78, 5) is 33.5. The SMILES string of the molecule is COC(=O)CC[C@@H](NC(=O)CC(C)(C)C)C(=O)O. The van der Waals surface area contributed by atoms with Crippen LogP contribution in [0.5, 0.6) is 0 Å². The van der Waals surface area contributed by atoms with Crippen LogP contribution in [0.15, 0.2) is 0 Å². The number of methoxy groups -OCH3 is 1. The van der Waals surface area contributed by atoms with E-state index < -0.39 is 18.0 Å². The van der Waals surface area contributed by atoms with Crippen LogP contribution in [0.3, 0.4) is 0 Å². The number of carbonyl (C=O) groups excluding carboxylic acids is 2. The summed E-state index contributed by atoms with van der Waals surface area (Å²) in [6.07, 6.45) is 0.218. The molecule has 0 spiro atoms. The van der Waals surface area contributed by atoms with Gasteiger partial charge in [-0.15, -0.1) is 0 Å². The predicted molar refractivity (Wildman–Crippen MR) is 64.9 cm³/mol. The third kappa shape index (κ3) is 7.65. The second-order valence-corrected chi connectivity index (χ2v) is 5.31. The average molecular weight is 259 g/mol. The first-order chi connectivity index (χ1) is 8.15. The van der Waals surface area contributed by atoms with Gasteiger partial charge in [-0.3, -0.25) is 9.59 Å². The van der Waals surface area contributed by atoms with E-state index in [4.69, 9.17) is 5.11 Å². The van der Waals surface area contributed by atoms with Crippen molar-refractivity contribution in [1.29, 1.82) is 0 Å². The van der Waals surface area contributed by atoms with E-state index in [2.05, 4.69) is 10.1 Å². The highest BCUT2D eigenvalue weighted by Gasteiger charge is 2.23. The Morgan fingerprint density at radius 1 is 1.28 bits per heavy atom. The summed E-state index contributed by atoms with van der Waals surface area (Å²) in [6.45, 7) is 5.66. The van der Waals surface area contributed by atoms with Crippen LogP contribution in [0.1, 0.15) is 40.0 Å². The molecule has 6 nitrogen and oxygen atoms in total. The van der Waals surface area contributed by atoms with Crippen LogP contribution in [0.4, 0.5) is 0 Å². The van der Waals surface area contributed by atoms with E-state index in [1.54, 1.807) is 0 Å². The minimum Gasteiger partial charge on any atom is -0.480 e. The first kappa shape index (κ1) is 16.4. The molecule has 104 valence electrons. The molecule has 1 amide bonds. The Labute approximate surface area is 107 Å². The monoisotopic (exact) mass is 259 g/mol. The summed E-state index contributed by atoms with van der Waals surface area (Å²) in [5, 5.41) is 11.3. The lowest BCUT2D eigenvalue weighted by molar-refractivity contribution is -0.144. The molecule has 0 saturated carbocycles. The maximum Gasteiger partial charge on any atom is 0.326 e. The molecule has 18 heavy (non-hydrogen) atoms. The van der Waals surface area contributed by atoms with Gasteiger partial charge in [0, 0.05) is 12.8 Å². The van der Waals surface area contributed by atoms with Crippen molar-refractivity contribution < 1.29 is 24.2 Å². The molecular weight excluding hydrogens is 238 g/mol. The van der Waals surface area contributed by atoms with Gasteiger partial charge < -0.3 is 15.2 Å². The predicted octanol–water partition coefficient (Wildman–Crippen LogP) is 0.945. The summed E-state index contributed by atoms with van der Waals surface area (Å²) >= 11 is 0. The molecule has 0 radical (unpaired) electrons. The smallest absolute Gasteiger partial charge is 0.326 e. The lowest BCUT2D eigenvalue weighted by atomic mass is 9.92. The second-order valence-electron chi connectivity index (χ2n) is 5.31. The molecule has 6 heteroatoms. The molecule has 0 saturated heterocycles. The highest BCUT2D eigenvalue weighted by atomic mass is 16.5. The number of aliphatic carboxylic acids is 1. The number of nitrogens with one attached hydrogen (secondary N) is 1. The Morgan fingerprint density at radius 2 is 1.83 bits per heavy atom. The zero-order chi connectivity index (χ0) is 14.3. The second kappa shape index (κ2) is 6.98. The maximum atomic E-state index is 11.6. The third-order valence-electron chi connectivity index (χ3n) is 2.19. The van der Waals surface area contributed by atoms with Crippen molar-refractivity contribution in [3.8, 4) is 0 Å². The van der Waals surface area contributed by atoms with Crippen molar-refractivity contribution >= 4 is 17.8 Å². The van der Waals surface area contributed by atoms with E-state index in [0.29, 0.717) is 0 Å². The molecule has 0 aromatic heterocycles. The minimum atomic E-state index is -1.15. The van der Waals surface area contributed by atoms with Crippen molar-refractivity contribution in [1.82, 2.24) is 5.32 Å². The summed E-state index contributed by atoms with van der Waals surface area (Å²) < 4.78 is 4.42. The highest BCUT2D eigenvalue weighted by molar-refractivity contribution is 5.84. The third-order valence-corrected chi connectivity index (χ3v) is 2.19. The maximum absolute atomic E-state index is 11.6. The number of esters is 1. The van der Waals surface area contributed by atoms with Gasteiger partial charge in [0.05, 0.1) is 7.11 Å². The lowest BCUT2D eigenvalue weighted by Gasteiger charge is -2.20. The van der Waals surface area contributed by atoms with E-state index >= 15 is 0 Å². The van der Waals surface area contributed by atoms with Gasteiger partial charge in [-0.05, 0) is 11.8 Å². The molecule has 0 aromatic carbocycles. The lowest BCUT2D eigenvalue weighted by Crippen LogP contribution is -2.42. The van der Waals surface area contributed by atoms with Gasteiger partial charge in [0.2, 0.25) is 5.91 Å². The van der Waals surface area contributed by atoms with E-state index in [1.165, 1.54) is 7.11 Å². The van der Waals surface area contributed by atoms with Crippen LogP contribution >= 0.6 is 0 Å². The first-order valence-corrected chi connectivity index (χ1v) is 5.74. The summed E-state index contributed by atoms with van der Waals surface area (Å²) in [6, 6.07) is -1.06. The number of carbonyl (C=O) groups is 3. The fraction of sp³-hybridized carbons (Fsp3) is 0.750. The fourth-order valence-electron chi connectivity index (χ4n) is 1.35. The van der Waals surface area contributed by atoms with Crippen molar-refractivity contribution in [2.45, 2.75) is 46.1 Å². The Balaban J connectivity index is 4.32. The van der Waals surface area contributed by atoms with E-state index in [0.717, 1.165) is 0 Å². The van der Waals surface area contributed by atoms with Crippen molar-refractivity contribution in [3.05, 3.63) is 0 Å². The van der Waals surface area contributed by atoms with Crippen LogP contribution in [0, 0.1) is 5.41 Å². The van der Waals surface area contributed by atoms with Crippen LogP contribution in [0.2, 0.25) is 0 Å². The molecule has 0 rings (SSSR count). The number of ether oxygens (including phenoxy) is 1. The number of carboxylic acids is 1. The van der Waals surface area contributed by atoms with E-state index in [1.807, 2.05) is 20.8 Å². The van der Waals surface area contributed by atoms with Crippen LogP contribution in [-0.2, 0) is 19.1 Å². The molecular formula is C12H21NO5. The number of rotatable bonds is 6. The molecule has 0 aliphatic rings. The van der Waals surface area contributed by atoms with Crippen molar-refractivity contribution in [2.24, 2.45) is 5.41 Å². The van der Waals surface area contributed by atoms with Gasteiger partial charge in [0.1, 0.15) is 6.04 Å². The largest absolute Gasteiger partial charge is 0.480 e. The van der Waals surface area contributed by atoms with Crippen molar-refractivity contribution in [3.63, 3.8) is 0 Å². The highest BCUT2D eigenvalue weighted by Crippen LogP contribution is 2.18. The fourth-order valence-corrected chi connectivity index (χ4v) is 1.35. The van der Waals surface area contributed by atoms with Crippen molar-refractivity contribution in [2.75, 3.05) is 7.11 Å². The standard InChI is InChI=1S/C12H21NO5/c1-12(2,3)7-9(14)13-8(11(16)17)5-6-10(15)18-4/h8H,5-7H2,1-4H3,(H,13,14)(H,16,17)/t8-/m1/s1. The number of amides is 1. The normalized spacial score (nSPS) is 12.7. The molecule has 0 aliphatic heterocycles. The summed E-state index contributed by atoms with van der Waals surface area (Å²) in [5.41, 5.74) is -0.213. The van der Waals surface area contributed by atoms with Gasteiger partial charge in [0.25, 0.3) is 0 Å². The molecule has 0 heterocycles. The minimum absolute atomic E-state index is 0.0257. The van der Waals surface area contributed by atoms with Gasteiger partial charge in [-0.25, -0.2) is 4.79 Å². The quantitative estimate of drug-likeness (QED) is 0.693. The average Bonchev–Trinajstić information content (AvgIpc) is 2.20. The van der Waals surface area contributed by atoms with Crippen LogP contribution in [0.25, 0.3) is 0 Å². The zero-order valence-corrected chi connectivity index (χ0v) is 11.3. The molecule has 1 atom stereocenters.